The molecule has 7 heteroatoms. The highest BCUT2D eigenvalue weighted by Crippen LogP contribution is 2.38. The molecule has 2 N–H and O–H groups in total. The minimum absolute atomic E-state index is 0.393. The second kappa shape index (κ2) is 6.54. The average molecular weight is 422 g/mol. The summed E-state index contributed by atoms with van der Waals surface area (Å²) in [5.74, 6) is 2.20. The lowest BCUT2D eigenvalue weighted by molar-refractivity contribution is 0.711. The lowest BCUT2D eigenvalue weighted by Crippen LogP contribution is -2.22. The van der Waals surface area contributed by atoms with Crippen LogP contribution in [0.3, 0.4) is 0 Å². The number of aromatic nitrogens is 4. The summed E-state index contributed by atoms with van der Waals surface area (Å²) in [6, 6.07) is 4.94. The maximum absolute atomic E-state index is 4.41. The van der Waals surface area contributed by atoms with Gasteiger partial charge in [0, 0.05) is 27.8 Å². The second-order valence-electron chi connectivity index (χ2n) is 6.34. The predicted octanol–water partition coefficient (Wildman–Crippen LogP) is 3.19. The Kier molecular flexibility index (Phi) is 4.28. The molecule has 2 atom stereocenters. The molecule has 0 radical (unpaired) electrons. The van der Waals surface area contributed by atoms with E-state index >= 15 is 0 Å². The summed E-state index contributed by atoms with van der Waals surface area (Å²) < 4.78 is 1.15. The van der Waals surface area contributed by atoms with Crippen molar-refractivity contribution in [3.63, 3.8) is 0 Å². The Balaban J connectivity index is 1.30. The van der Waals surface area contributed by atoms with Crippen molar-refractivity contribution in [2.45, 2.75) is 50.1 Å². The van der Waals surface area contributed by atoms with Gasteiger partial charge in [0.1, 0.15) is 5.82 Å². The van der Waals surface area contributed by atoms with Gasteiger partial charge in [0.05, 0.1) is 11.9 Å². The standard InChI is InChI=1S/C16H19IN6/c17-11-3-6-15(18-8-11)20-12-4-5-13(7-12)21-16-19-9-14(22-23-16)10-1-2-10/h3,6,8-10,12-13H,1-2,4-5,7H2,(H,18,20)(H,19,21,23)/t12-,13-/m0/s1. The number of pyridine rings is 1. The molecule has 0 amide bonds. The molecule has 2 heterocycles. The third-order valence-corrected chi connectivity index (χ3v) is 5.06. The van der Waals surface area contributed by atoms with Crippen LogP contribution >= 0.6 is 22.6 Å². The number of hydrogen-bond acceptors (Lipinski definition) is 6. The molecule has 0 aromatic carbocycles. The average Bonchev–Trinajstić information content (AvgIpc) is 3.32. The van der Waals surface area contributed by atoms with E-state index < -0.39 is 0 Å². The van der Waals surface area contributed by atoms with Crippen LogP contribution in [-0.2, 0) is 0 Å². The van der Waals surface area contributed by atoms with E-state index in [0.29, 0.717) is 23.9 Å². The van der Waals surface area contributed by atoms with Crippen molar-refractivity contribution < 1.29 is 0 Å². The van der Waals surface area contributed by atoms with Crippen LogP contribution in [0.5, 0.6) is 0 Å². The highest BCUT2D eigenvalue weighted by molar-refractivity contribution is 14.1. The second-order valence-corrected chi connectivity index (χ2v) is 7.58. The molecule has 0 aliphatic heterocycles. The van der Waals surface area contributed by atoms with Crippen LogP contribution in [-0.4, -0.2) is 32.2 Å². The third kappa shape index (κ3) is 3.88. The Bertz CT molecular complexity index is 655. The quantitative estimate of drug-likeness (QED) is 0.721. The van der Waals surface area contributed by atoms with Gasteiger partial charge in [0.15, 0.2) is 0 Å². The number of hydrogen-bond donors (Lipinski definition) is 2. The zero-order valence-electron chi connectivity index (χ0n) is 12.7. The summed E-state index contributed by atoms with van der Waals surface area (Å²) in [5.41, 5.74) is 1.03. The number of halogens is 1. The minimum atomic E-state index is 0.393. The SMILES string of the molecule is Ic1ccc(N[C@H]2CC[C@H](Nc3ncc(C4CC4)nn3)C2)nc1. The molecular formula is C16H19IN6. The van der Waals surface area contributed by atoms with E-state index in [9.17, 15) is 0 Å². The Morgan fingerprint density at radius 1 is 0.913 bits per heavy atom. The third-order valence-electron chi connectivity index (χ3n) is 4.42. The molecule has 4 rings (SSSR count). The van der Waals surface area contributed by atoms with Crippen molar-refractivity contribution >= 4 is 34.4 Å². The van der Waals surface area contributed by atoms with Crippen LogP contribution < -0.4 is 10.6 Å². The normalized spacial score (nSPS) is 23.7. The smallest absolute Gasteiger partial charge is 0.242 e. The summed E-state index contributed by atoms with van der Waals surface area (Å²) in [7, 11) is 0. The van der Waals surface area contributed by atoms with E-state index in [4.69, 9.17) is 0 Å². The highest BCUT2D eigenvalue weighted by atomic mass is 127. The molecule has 0 spiro atoms. The van der Waals surface area contributed by atoms with Crippen LogP contribution in [0.1, 0.15) is 43.7 Å². The monoisotopic (exact) mass is 422 g/mol. The largest absolute Gasteiger partial charge is 0.367 e. The van der Waals surface area contributed by atoms with E-state index in [2.05, 4.69) is 59.5 Å². The van der Waals surface area contributed by atoms with E-state index in [-0.39, 0.29) is 0 Å². The summed E-state index contributed by atoms with van der Waals surface area (Å²) in [5, 5.41) is 15.4. The molecule has 0 unspecified atom stereocenters. The van der Waals surface area contributed by atoms with Gasteiger partial charge in [-0.2, -0.15) is 0 Å². The molecular weight excluding hydrogens is 403 g/mol. The van der Waals surface area contributed by atoms with E-state index in [1.54, 1.807) is 0 Å². The van der Waals surface area contributed by atoms with E-state index in [0.717, 1.165) is 34.3 Å². The molecule has 2 aliphatic carbocycles. The summed E-state index contributed by atoms with van der Waals surface area (Å²) in [6.45, 7) is 0. The predicted molar refractivity (Wildman–Crippen MR) is 97.4 cm³/mol. The fraction of sp³-hybridized carbons (Fsp3) is 0.500. The molecule has 2 fully saturated rings. The fourth-order valence-corrected chi connectivity index (χ4v) is 3.33. The van der Waals surface area contributed by atoms with E-state index in [1.165, 1.54) is 12.8 Å². The lowest BCUT2D eigenvalue weighted by atomic mass is 10.2. The van der Waals surface area contributed by atoms with Crippen molar-refractivity contribution in [2.75, 3.05) is 10.6 Å². The maximum Gasteiger partial charge on any atom is 0.242 e. The van der Waals surface area contributed by atoms with Gasteiger partial charge < -0.3 is 10.6 Å². The lowest BCUT2D eigenvalue weighted by Gasteiger charge is -2.15. The number of rotatable bonds is 5. The molecule has 120 valence electrons. The molecule has 6 nitrogen and oxygen atoms in total. The van der Waals surface area contributed by atoms with Gasteiger partial charge in [0.25, 0.3) is 0 Å². The summed E-state index contributed by atoms with van der Waals surface area (Å²) >= 11 is 2.27. The first-order valence-corrected chi connectivity index (χ1v) is 9.18. The Morgan fingerprint density at radius 2 is 1.74 bits per heavy atom. The first-order valence-electron chi connectivity index (χ1n) is 8.10. The molecule has 2 aromatic heterocycles. The van der Waals surface area contributed by atoms with E-state index in [1.807, 2.05) is 18.5 Å². The Morgan fingerprint density at radius 3 is 2.39 bits per heavy atom. The fourth-order valence-electron chi connectivity index (χ4n) is 3.01. The van der Waals surface area contributed by atoms with Gasteiger partial charge in [-0.25, -0.2) is 9.97 Å². The van der Waals surface area contributed by atoms with Crippen LogP contribution in [0, 0.1) is 3.57 Å². The minimum Gasteiger partial charge on any atom is -0.367 e. The van der Waals surface area contributed by atoms with Crippen molar-refractivity contribution in [3.8, 4) is 0 Å². The van der Waals surface area contributed by atoms with Gasteiger partial charge in [-0.05, 0) is 66.8 Å². The highest BCUT2D eigenvalue weighted by Gasteiger charge is 2.27. The van der Waals surface area contributed by atoms with Crippen molar-refractivity contribution in [1.29, 1.82) is 0 Å². The Labute approximate surface area is 149 Å². The first kappa shape index (κ1) is 15.0. The van der Waals surface area contributed by atoms with Gasteiger partial charge in [-0.15, -0.1) is 10.2 Å². The van der Waals surface area contributed by atoms with Gasteiger partial charge in [0.2, 0.25) is 5.95 Å². The molecule has 2 aromatic rings. The molecule has 2 aliphatic rings. The first-order chi connectivity index (χ1) is 11.3. The van der Waals surface area contributed by atoms with Crippen LogP contribution in [0.25, 0.3) is 0 Å². The van der Waals surface area contributed by atoms with Crippen molar-refractivity contribution in [1.82, 2.24) is 20.2 Å². The molecule has 2 saturated carbocycles. The van der Waals surface area contributed by atoms with Crippen LogP contribution in [0.2, 0.25) is 0 Å². The number of anilines is 2. The van der Waals surface area contributed by atoms with Gasteiger partial charge in [-0.3, -0.25) is 0 Å². The zero-order chi connectivity index (χ0) is 15.6. The van der Waals surface area contributed by atoms with Crippen molar-refractivity contribution in [2.24, 2.45) is 0 Å². The van der Waals surface area contributed by atoms with Crippen LogP contribution in [0.15, 0.2) is 24.5 Å². The zero-order valence-corrected chi connectivity index (χ0v) is 14.9. The molecule has 0 saturated heterocycles. The molecule has 23 heavy (non-hydrogen) atoms. The molecule has 0 bridgehead atoms. The number of nitrogens with one attached hydrogen (secondary N) is 2. The Hall–Kier alpha value is -1.51. The summed E-state index contributed by atoms with van der Waals surface area (Å²) in [6.07, 6.45) is 9.48. The van der Waals surface area contributed by atoms with Gasteiger partial charge >= 0.3 is 0 Å². The maximum atomic E-state index is 4.41. The number of nitrogens with zero attached hydrogens (tertiary/aromatic N) is 4. The van der Waals surface area contributed by atoms with Gasteiger partial charge in [-0.1, -0.05) is 0 Å². The summed E-state index contributed by atoms with van der Waals surface area (Å²) in [4.78, 5) is 8.81. The topological polar surface area (TPSA) is 75.6 Å². The van der Waals surface area contributed by atoms with Crippen LogP contribution in [0.4, 0.5) is 11.8 Å². The van der Waals surface area contributed by atoms with Crippen molar-refractivity contribution in [3.05, 3.63) is 33.8 Å².